The summed E-state index contributed by atoms with van der Waals surface area (Å²) in [4.78, 5) is 0.192. The van der Waals surface area contributed by atoms with E-state index in [2.05, 4.69) is 4.72 Å². The Balaban J connectivity index is 2.62. The molecule has 0 aromatic heterocycles. The predicted molar refractivity (Wildman–Crippen MR) is 79.9 cm³/mol. The van der Waals surface area contributed by atoms with Crippen molar-refractivity contribution in [3.05, 3.63) is 24.3 Å². The van der Waals surface area contributed by atoms with E-state index in [-0.39, 0.29) is 17.5 Å². The molecule has 0 radical (unpaired) electrons. The maximum atomic E-state index is 12.1. The summed E-state index contributed by atoms with van der Waals surface area (Å²) < 4.78 is 37.1. The van der Waals surface area contributed by atoms with Crippen molar-refractivity contribution in [3.63, 3.8) is 0 Å². The van der Waals surface area contributed by atoms with Crippen molar-refractivity contribution in [2.45, 2.75) is 30.7 Å². The van der Waals surface area contributed by atoms with E-state index in [1.807, 2.05) is 0 Å². The molecule has 0 aliphatic heterocycles. The van der Waals surface area contributed by atoms with Gasteiger partial charge < -0.3 is 14.6 Å². The zero-order valence-electron chi connectivity index (χ0n) is 12.4. The number of hydrogen-bond acceptors (Lipinski definition) is 5. The highest BCUT2D eigenvalue weighted by Gasteiger charge is 2.17. The van der Waals surface area contributed by atoms with Crippen LogP contribution in [0, 0.1) is 0 Å². The van der Waals surface area contributed by atoms with Gasteiger partial charge in [0.1, 0.15) is 12.4 Å². The maximum absolute atomic E-state index is 12.1. The molecule has 21 heavy (non-hydrogen) atoms. The van der Waals surface area contributed by atoms with Gasteiger partial charge in [-0.1, -0.05) is 0 Å². The minimum Gasteiger partial charge on any atom is -0.491 e. The monoisotopic (exact) mass is 317 g/mol. The molecule has 120 valence electrons. The summed E-state index contributed by atoms with van der Waals surface area (Å²) in [5.74, 6) is 0.597. The second-order valence-electron chi connectivity index (χ2n) is 4.70. The van der Waals surface area contributed by atoms with Crippen molar-refractivity contribution in [3.8, 4) is 5.75 Å². The first-order valence-electron chi connectivity index (χ1n) is 6.84. The standard InChI is InChI=1S/C14H23NO5S/c1-12(4-3-9-16)15-21(17,18)14-7-5-13(6-8-14)20-11-10-19-2/h5-8,12,15-16H,3-4,9-11H2,1-2H3. The number of hydrogen-bond donors (Lipinski definition) is 2. The van der Waals surface area contributed by atoms with E-state index in [0.29, 0.717) is 31.8 Å². The zero-order valence-corrected chi connectivity index (χ0v) is 13.2. The van der Waals surface area contributed by atoms with Crippen LogP contribution in [0.15, 0.2) is 29.2 Å². The molecule has 6 nitrogen and oxygen atoms in total. The lowest BCUT2D eigenvalue weighted by atomic mass is 10.2. The van der Waals surface area contributed by atoms with Crippen LogP contribution >= 0.6 is 0 Å². The van der Waals surface area contributed by atoms with E-state index in [0.717, 1.165) is 0 Å². The van der Waals surface area contributed by atoms with Crippen LogP contribution < -0.4 is 9.46 Å². The van der Waals surface area contributed by atoms with Crippen LogP contribution in [0.2, 0.25) is 0 Å². The highest BCUT2D eigenvalue weighted by molar-refractivity contribution is 7.89. The Labute approximate surface area is 126 Å². The number of aliphatic hydroxyl groups is 1. The van der Waals surface area contributed by atoms with Crippen LogP contribution in [-0.2, 0) is 14.8 Å². The van der Waals surface area contributed by atoms with Crippen molar-refractivity contribution >= 4 is 10.0 Å². The summed E-state index contributed by atoms with van der Waals surface area (Å²) in [6.45, 7) is 2.72. The minimum absolute atomic E-state index is 0.0551. The minimum atomic E-state index is -3.54. The summed E-state index contributed by atoms with van der Waals surface area (Å²) in [6.07, 6.45) is 1.16. The topological polar surface area (TPSA) is 84.9 Å². The summed E-state index contributed by atoms with van der Waals surface area (Å²) >= 11 is 0. The highest BCUT2D eigenvalue weighted by Crippen LogP contribution is 2.16. The van der Waals surface area contributed by atoms with E-state index < -0.39 is 10.0 Å². The smallest absolute Gasteiger partial charge is 0.240 e. The van der Waals surface area contributed by atoms with E-state index in [4.69, 9.17) is 14.6 Å². The Kier molecular flexibility index (Phi) is 7.66. The van der Waals surface area contributed by atoms with Crippen LogP contribution in [0.25, 0.3) is 0 Å². The van der Waals surface area contributed by atoms with Gasteiger partial charge in [0.2, 0.25) is 10.0 Å². The van der Waals surface area contributed by atoms with Gasteiger partial charge in [-0.2, -0.15) is 0 Å². The van der Waals surface area contributed by atoms with Gasteiger partial charge in [-0.05, 0) is 44.0 Å². The van der Waals surface area contributed by atoms with Gasteiger partial charge in [0.25, 0.3) is 0 Å². The molecule has 1 rings (SSSR count). The molecule has 0 spiro atoms. The molecule has 0 aliphatic carbocycles. The summed E-state index contributed by atoms with van der Waals surface area (Å²) in [5.41, 5.74) is 0. The lowest BCUT2D eigenvalue weighted by Gasteiger charge is -2.14. The van der Waals surface area contributed by atoms with Crippen molar-refractivity contribution in [2.24, 2.45) is 0 Å². The number of benzene rings is 1. The van der Waals surface area contributed by atoms with Crippen LogP contribution in [0.5, 0.6) is 5.75 Å². The van der Waals surface area contributed by atoms with Gasteiger partial charge in [-0.3, -0.25) is 0 Å². The SMILES string of the molecule is COCCOc1ccc(S(=O)(=O)NC(C)CCCO)cc1. The average molecular weight is 317 g/mol. The Bertz CT molecular complexity index is 501. The number of methoxy groups -OCH3 is 1. The molecular weight excluding hydrogens is 294 g/mol. The summed E-state index contributed by atoms with van der Waals surface area (Å²) in [7, 11) is -1.96. The van der Waals surface area contributed by atoms with Gasteiger partial charge in [-0.25, -0.2) is 13.1 Å². The molecule has 1 atom stereocenters. The number of aliphatic hydroxyl groups excluding tert-OH is 1. The average Bonchev–Trinajstić information content (AvgIpc) is 2.45. The Morgan fingerprint density at radius 1 is 1.24 bits per heavy atom. The first-order chi connectivity index (χ1) is 9.99. The van der Waals surface area contributed by atoms with E-state index in [9.17, 15) is 8.42 Å². The largest absolute Gasteiger partial charge is 0.491 e. The van der Waals surface area contributed by atoms with Crippen molar-refractivity contribution < 1.29 is 23.0 Å². The second kappa shape index (κ2) is 8.99. The zero-order chi connectivity index (χ0) is 15.7. The molecule has 0 bridgehead atoms. The highest BCUT2D eigenvalue weighted by atomic mass is 32.2. The Hall–Kier alpha value is -1.15. The molecule has 0 amide bonds. The molecule has 2 N–H and O–H groups in total. The number of ether oxygens (including phenoxy) is 2. The molecule has 1 aromatic rings. The van der Waals surface area contributed by atoms with Gasteiger partial charge >= 0.3 is 0 Å². The fraction of sp³-hybridized carbons (Fsp3) is 0.571. The lowest BCUT2D eigenvalue weighted by molar-refractivity contribution is 0.146. The summed E-state index contributed by atoms with van der Waals surface area (Å²) in [5, 5.41) is 8.75. The number of sulfonamides is 1. The summed E-state index contributed by atoms with van der Waals surface area (Å²) in [6, 6.07) is 6.01. The third kappa shape index (κ3) is 6.43. The Morgan fingerprint density at radius 2 is 1.90 bits per heavy atom. The van der Waals surface area contributed by atoms with Crippen LogP contribution in [0.4, 0.5) is 0 Å². The molecule has 7 heteroatoms. The van der Waals surface area contributed by atoms with Crippen molar-refractivity contribution in [2.75, 3.05) is 26.9 Å². The second-order valence-corrected chi connectivity index (χ2v) is 6.41. The van der Waals surface area contributed by atoms with E-state index in [1.165, 1.54) is 12.1 Å². The van der Waals surface area contributed by atoms with E-state index in [1.54, 1.807) is 26.2 Å². The number of nitrogens with one attached hydrogen (secondary N) is 1. The molecule has 1 unspecified atom stereocenters. The molecule has 0 aliphatic rings. The first-order valence-corrected chi connectivity index (χ1v) is 8.33. The molecule has 0 fully saturated rings. The first kappa shape index (κ1) is 17.9. The van der Waals surface area contributed by atoms with Gasteiger partial charge in [0.05, 0.1) is 11.5 Å². The molecular formula is C14H23NO5S. The fourth-order valence-electron chi connectivity index (χ4n) is 1.75. The predicted octanol–water partition coefficient (Wildman–Crippen LogP) is 1.15. The Morgan fingerprint density at radius 3 is 2.48 bits per heavy atom. The lowest BCUT2D eigenvalue weighted by Crippen LogP contribution is -2.32. The quantitative estimate of drug-likeness (QED) is 0.632. The van der Waals surface area contributed by atoms with Crippen molar-refractivity contribution in [1.82, 2.24) is 4.72 Å². The molecule has 1 aromatic carbocycles. The van der Waals surface area contributed by atoms with Crippen LogP contribution in [0.1, 0.15) is 19.8 Å². The number of rotatable bonds is 10. The van der Waals surface area contributed by atoms with Crippen LogP contribution in [-0.4, -0.2) is 46.5 Å². The van der Waals surface area contributed by atoms with Gasteiger partial charge in [0.15, 0.2) is 0 Å². The van der Waals surface area contributed by atoms with Crippen LogP contribution in [0.3, 0.4) is 0 Å². The normalized spacial score (nSPS) is 13.1. The third-order valence-corrected chi connectivity index (χ3v) is 4.45. The van der Waals surface area contributed by atoms with Gasteiger partial charge in [-0.15, -0.1) is 0 Å². The molecule has 0 saturated carbocycles. The third-order valence-electron chi connectivity index (χ3n) is 2.84. The van der Waals surface area contributed by atoms with Crippen molar-refractivity contribution in [1.29, 1.82) is 0 Å². The van der Waals surface area contributed by atoms with E-state index >= 15 is 0 Å². The van der Waals surface area contributed by atoms with Gasteiger partial charge in [0, 0.05) is 19.8 Å². The maximum Gasteiger partial charge on any atom is 0.240 e. The fourth-order valence-corrected chi connectivity index (χ4v) is 3.03. The molecule has 0 saturated heterocycles. The molecule has 0 heterocycles.